The number of nitrogens with zero attached hydrogens (tertiary/aromatic N) is 3. The zero-order valence-corrected chi connectivity index (χ0v) is 21.4. The van der Waals surface area contributed by atoms with E-state index in [2.05, 4.69) is 55.1 Å². The second-order valence-corrected chi connectivity index (χ2v) is 9.37. The molecular formula is C22H46IN5. The van der Waals surface area contributed by atoms with Gasteiger partial charge in [0.2, 0.25) is 0 Å². The van der Waals surface area contributed by atoms with Gasteiger partial charge >= 0.3 is 0 Å². The van der Waals surface area contributed by atoms with Crippen molar-refractivity contribution in [2.45, 2.75) is 60.3 Å². The lowest BCUT2D eigenvalue weighted by Crippen LogP contribution is -2.48. The molecule has 6 heteroatoms. The first kappa shape index (κ1) is 26.0. The number of hydrogen-bond acceptors (Lipinski definition) is 3. The fourth-order valence-electron chi connectivity index (χ4n) is 4.62. The maximum absolute atomic E-state index is 4.97. The summed E-state index contributed by atoms with van der Waals surface area (Å²) in [5.74, 6) is 2.41. The van der Waals surface area contributed by atoms with Crippen molar-refractivity contribution >= 4 is 29.9 Å². The van der Waals surface area contributed by atoms with Crippen LogP contribution in [-0.4, -0.2) is 74.7 Å². The van der Waals surface area contributed by atoms with Crippen molar-refractivity contribution in [3.63, 3.8) is 0 Å². The van der Waals surface area contributed by atoms with E-state index in [1.807, 2.05) is 0 Å². The van der Waals surface area contributed by atoms with E-state index < -0.39 is 0 Å². The summed E-state index contributed by atoms with van der Waals surface area (Å²) in [6.45, 7) is 21.6. The molecule has 1 atom stereocenters. The van der Waals surface area contributed by atoms with Crippen molar-refractivity contribution < 1.29 is 0 Å². The molecule has 1 heterocycles. The molecule has 2 rings (SSSR count). The fourth-order valence-corrected chi connectivity index (χ4v) is 4.62. The summed E-state index contributed by atoms with van der Waals surface area (Å²) in [7, 11) is 0. The monoisotopic (exact) mass is 507 g/mol. The summed E-state index contributed by atoms with van der Waals surface area (Å²) < 4.78 is 0. The molecular weight excluding hydrogens is 461 g/mol. The van der Waals surface area contributed by atoms with Gasteiger partial charge in [-0.15, -0.1) is 24.0 Å². The van der Waals surface area contributed by atoms with Crippen LogP contribution < -0.4 is 10.6 Å². The highest BCUT2D eigenvalue weighted by molar-refractivity contribution is 14.0. The second kappa shape index (κ2) is 13.3. The number of halogens is 1. The van der Waals surface area contributed by atoms with Crippen molar-refractivity contribution in [3.05, 3.63) is 0 Å². The third kappa shape index (κ3) is 8.74. The topological polar surface area (TPSA) is 42.9 Å². The maximum Gasteiger partial charge on any atom is 0.191 e. The molecule has 0 radical (unpaired) electrons. The number of hydrogen-bond donors (Lipinski definition) is 2. The van der Waals surface area contributed by atoms with Gasteiger partial charge in [0, 0.05) is 52.4 Å². The van der Waals surface area contributed by atoms with Gasteiger partial charge in [-0.25, -0.2) is 0 Å². The number of piperazine rings is 1. The Morgan fingerprint density at radius 3 is 2.14 bits per heavy atom. The van der Waals surface area contributed by atoms with Crippen LogP contribution in [0.25, 0.3) is 0 Å². The first-order chi connectivity index (χ1) is 13.0. The lowest BCUT2D eigenvalue weighted by atomic mass is 9.64. The Labute approximate surface area is 191 Å². The highest BCUT2D eigenvalue weighted by atomic mass is 127. The summed E-state index contributed by atoms with van der Waals surface area (Å²) in [6.07, 6.45) is 5.41. The van der Waals surface area contributed by atoms with Crippen LogP contribution in [0.4, 0.5) is 0 Å². The first-order valence-corrected chi connectivity index (χ1v) is 11.4. The molecule has 1 aliphatic carbocycles. The Kier molecular flexibility index (Phi) is 12.3. The highest BCUT2D eigenvalue weighted by Crippen LogP contribution is 2.46. The molecule has 5 nitrogen and oxygen atoms in total. The predicted molar refractivity (Wildman–Crippen MR) is 133 cm³/mol. The summed E-state index contributed by atoms with van der Waals surface area (Å²) in [5.41, 5.74) is 0.473. The molecule has 0 aromatic rings. The number of likely N-dealkylation sites (N-methyl/N-ethyl adjacent to an activating group) is 1. The van der Waals surface area contributed by atoms with Crippen molar-refractivity contribution in [2.24, 2.45) is 22.2 Å². The van der Waals surface area contributed by atoms with Gasteiger partial charge < -0.3 is 20.4 Å². The minimum Gasteiger partial charge on any atom is -0.357 e. The van der Waals surface area contributed by atoms with Gasteiger partial charge in [-0.2, -0.15) is 0 Å². The van der Waals surface area contributed by atoms with Crippen LogP contribution in [0.15, 0.2) is 4.99 Å². The van der Waals surface area contributed by atoms with Crippen molar-refractivity contribution in [2.75, 3.05) is 58.9 Å². The average molecular weight is 508 g/mol. The van der Waals surface area contributed by atoms with E-state index in [4.69, 9.17) is 4.99 Å². The SMILES string of the molecule is CCNC(=NCC1(CC(C)C)CCC1)NCC(C)CN1CCN(CC)CC1.I. The van der Waals surface area contributed by atoms with Crippen LogP contribution in [0.5, 0.6) is 0 Å². The van der Waals surface area contributed by atoms with Gasteiger partial charge in [-0.3, -0.25) is 4.99 Å². The van der Waals surface area contributed by atoms with Gasteiger partial charge in [0.15, 0.2) is 5.96 Å². The molecule has 0 aromatic carbocycles. The lowest BCUT2D eigenvalue weighted by Gasteiger charge is -2.42. The molecule has 0 amide bonds. The minimum absolute atomic E-state index is 0. The molecule has 2 fully saturated rings. The first-order valence-electron chi connectivity index (χ1n) is 11.4. The molecule has 0 aromatic heterocycles. The second-order valence-electron chi connectivity index (χ2n) is 9.37. The Morgan fingerprint density at radius 2 is 1.64 bits per heavy atom. The van der Waals surface area contributed by atoms with Crippen LogP contribution in [0.2, 0.25) is 0 Å². The number of nitrogens with one attached hydrogen (secondary N) is 2. The number of rotatable bonds is 10. The third-order valence-corrected chi connectivity index (χ3v) is 6.27. The van der Waals surface area contributed by atoms with Gasteiger partial charge in [-0.1, -0.05) is 34.1 Å². The quantitative estimate of drug-likeness (QED) is 0.269. The molecule has 166 valence electrons. The maximum atomic E-state index is 4.97. The van der Waals surface area contributed by atoms with E-state index in [9.17, 15) is 0 Å². The van der Waals surface area contributed by atoms with E-state index in [0.29, 0.717) is 11.3 Å². The van der Waals surface area contributed by atoms with Gasteiger partial charge in [0.1, 0.15) is 0 Å². The smallest absolute Gasteiger partial charge is 0.191 e. The molecule has 1 aliphatic heterocycles. The predicted octanol–water partition coefficient (Wildman–Crippen LogP) is 3.65. The van der Waals surface area contributed by atoms with Gasteiger partial charge in [0.05, 0.1) is 0 Å². The third-order valence-electron chi connectivity index (χ3n) is 6.27. The zero-order chi connectivity index (χ0) is 19.7. The van der Waals surface area contributed by atoms with Crippen LogP contribution >= 0.6 is 24.0 Å². The fraction of sp³-hybridized carbons (Fsp3) is 0.955. The van der Waals surface area contributed by atoms with E-state index in [1.165, 1.54) is 65.0 Å². The van der Waals surface area contributed by atoms with Crippen LogP contribution in [0, 0.1) is 17.3 Å². The summed E-state index contributed by atoms with van der Waals surface area (Å²) in [6, 6.07) is 0. The molecule has 28 heavy (non-hydrogen) atoms. The van der Waals surface area contributed by atoms with Crippen LogP contribution in [0.3, 0.4) is 0 Å². The van der Waals surface area contributed by atoms with E-state index in [1.54, 1.807) is 0 Å². The molecule has 1 unspecified atom stereocenters. The Bertz CT molecular complexity index is 442. The van der Waals surface area contributed by atoms with E-state index >= 15 is 0 Å². The molecule has 0 bridgehead atoms. The largest absolute Gasteiger partial charge is 0.357 e. The summed E-state index contributed by atoms with van der Waals surface area (Å²) >= 11 is 0. The molecule has 2 N–H and O–H groups in total. The van der Waals surface area contributed by atoms with Crippen molar-refractivity contribution in [3.8, 4) is 0 Å². The van der Waals surface area contributed by atoms with Crippen molar-refractivity contribution in [1.82, 2.24) is 20.4 Å². The molecule has 0 spiro atoms. The average Bonchev–Trinajstić information content (AvgIpc) is 2.61. The zero-order valence-electron chi connectivity index (χ0n) is 19.1. The normalized spacial score (nSPS) is 21.7. The molecule has 1 saturated carbocycles. The van der Waals surface area contributed by atoms with E-state index in [-0.39, 0.29) is 24.0 Å². The Balaban J connectivity index is 0.00000392. The van der Waals surface area contributed by atoms with E-state index in [0.717, 1.165) is 31.5 Å². The number of guanidine groups is 1. The standard InChI is InChI=1S/C22H45N5.HI/c1-6-23-21(25-18-22(9-8-10-22)15-19(3)4)24-16-20(5)17-27-13-11-26(7-2)12-14-27;/h19-20H,6-18H2,1-5H3,(H2,23,24,25);1H. The van der Waals surface area contributed by atoms with Crippen LogP contribution in [0.1, 0.15) is 60.3 Å². The Hall–Kier alpha value is -0.0800. The van der Waals surface area contributed by atoms with Crippen LogP contribution in [-0.2, 0) is 0 Å². The minimum atomic E-state index is 0. The summed E-state index contributed by atoms with van der Waals surface area (Å²) in [5, 5.41) is 7.05. The summed E-state index contributed by atoms with van der Waals surface area (Å²) in [4.78, 5) is 10.1. The van der Waals surface area contributed by atoms with Gasteiger partial charge in [0.25, 0.3) is 0 Å². The number of aliphatic imine (C=N–C) groups is 1. The molecule has 2 aliphatic rings. The van der Waals surface area contributed by atoms with Crippen molar-refractivity contribution in [1.29, 1.82) is 0 Å². The van der Waals surface area contributed by atoms with Gasteiger partial charge in [-0.05, 0) is 50.0 Å². The lowest BCUT2D eigenvalue weighted by molar-refractivity contribution is 0.111. The Morgan fingerprint density at radius 1 is 1.00 bits per heavy atom. The molecule has 1 saturated heterocycles. The highest BCUT2D eigenvalue weighted by Gasteiger charge is 2.37.